The fraction of sp³-hybridized carbons (Fsp3) is 0.571. The SMILES string of the molecule is CC(=O)NC1CCCN(CC(=O)N2c3ccccc3NC(=O)C23CCCC3)C1. The van der Waals surface area contributed by atoms with Crippen LogP contribution in [0.1, 0.15) is 45.4 Å². The van der Waals surface area contributed by atoms with Crippen molar-refractivity contribution in [3.05, 3.63) is 24.3 Å². The number of likely N-dealkylation sites (tertiary alicyclic amines) is 1. The van der Waals surface area contributed by atoms with Crippen LogP contribution < -0.4 is 15.5 Å². The zero-order valence-electron chi connectivity index (χ0n) is 16.4. The molecule has 2 N–H and O–H groups in total. The van der Waals surface area contributed by atoms with E-state index < -0.39 is 5.54 Å². The quantitative estimate of drug-likeness (QED) is 0.834. The number of hydrogen-bond donors (Lipinski definition) is 2. The Morgan fingerprint density at radius 2 is 1.96 bits per heavy atom. The molecule has 1 atom stereocenters. The maximum absolute atomic E-state index is 13.5. The topological polar surface area (TPSA) is 81.8 Å². The Balaban J connectivity index is 1.57. The van der Waals surface area contributed by atoms with Gasteiger partial charge in [0.05, 0.1) is 17.9 Å². The third kappa shape index (κ3) is 3.39. The number of nitrogens with zero attached hydrogens (tertiary/aromatic N) is 2. The highest BCUT2D eigenvalue weighted by Crippen LogP contribution is 2.45. The number of para-hydroxylation sites is 2. The van der Waals surface area contributed by atoms with Gasteiger partial charge in [0.1, 0.15) is 5.54 Å². The number of carbonyl (C=O) groups is 3. The molecule has 2 aliphatic heterocycles. The van der Waals surface area contributed by atoms with Crippen molar-refractivity contribution in [3.63, 3.8) is 0 Å². The number of benzene rings is 1. The summed E-state index contributed by atoms with van der Waals surface area (Å²) in [5.74, 6) is -0.135. The number of rotatable bonds is 3. The second-order valence-corrected chi connectivity index (χ2v) is 8.21. The fourth-order valence-electron chi connectivity index (χ4n) is 5.00. The van der Waals surface area contributed by atoms with Gasteiger partial charge in [0.15, 0.2) is 0 Å². The molecular formula is C21H28N4O3. The summed E-state index contributed by atoms with van der Waals surface area (Å²) in [7, 11) is 0. The van der Waals surface area contributed by atoms with Gasteiger partial charge in [0.25, 0.3) is 5.91 Å². The van der Waals surface area contributed by atoms with Crippen LogP contribution >= 0.6 is 0 Å². The Morgan fingerprint density at radius 1 is 1.21 bits per heavy atom. The molecule has 0 aromatic heterocycles. The third-order valence-electron chi connectivity index (χ3n) is 6.20. The Morgan fingerprint density at radius 3 is 2.71 bits per heavy atom. The second-order valence-electron chi connectivity index (χ2n) is 8.21. The lowest BCUT2D eigenvalue weighted by atomic mass is 9.89. The Labute approximate surface area is 165 Å². The monoisotopic (exact) mass is 384 g/mol. The van der Waals surface area contributed by atoms with E-state index in [0.717, 1.165) is 37.9 Å². The second kappa shape index (κ2) is 7.54. The molecule has 2 heterocycles. The first kappa shape index (κ1) is 18.9. The third-order valence-corrected chi connectivity index (χ3v) is 6.20. The molecule has 7 nitrogen and oxygen atoms in total. The van der Waals surface area contributed by atoms with Crippen LogP contribution in [0.5, 0.6) is 0 Å². The summed E-state index contributed by atoms with van der Waals surface area (Å²) in [6.07, 6.45) is 5.19. The van der Waals surface area contributed by atoms with E-state index in [1.807, 2.05) is 24.3 Å². The molecular weight excluding hydrogens is 356 g/mol. The first-order valence-electron chi connectivity index (χ1n) is 10.2. The molecule has 3 amide bonds. The van der Waals surface area contributed by atoms with Gasteiger partial charge >= 0.3 is 0 Å². The highest BCUT2D eigenvalue weighted by atomic mass is 16.2. The van der Waals surface area contributed by atoms with Crippen molar-refractivity contribution >= 4 is 29.1 Å². The van der Waals surface area contributed by atoms with E-state index in [1.54, 1.807) is 4.90 Å². The van der Waals surface area contributed by atoms with Gasteiger partial charge in [-0.25, -0.2) is 0 Å². The molecule has 1 spiro atoms. The van der Waals surface area contributed by atoms with Crippen molar-refractivity contribution in [1.82, 2.24) is 10.2 Å². The molecule has 3 aliphatic rings. The Bertz CT molecular complexity index is 788. The van der Waals surface area contributed by atoms with Crippen LogP contribution in [-0.2, 0) is 14.4 Å². The minimum Gasteiger partial charge on any atom is -0.352 e. The normalized spacial score (nSPS) is 24.0. The van der Waals surface area contributed by atoms with E-state index in [4.69, 9.17) is 0 Å². The molecule has 28 heavy (non-hydrogen) atoms. The van der Waals surface area contributed by atoms with Gasteiger partial charge in [-0.05, 0) is 44.4 Å². The molecule has 1 aromatic carbocycles. The van der Waals surface area contributed by atoms with E-state index in [2.05, 4.69) is 15.5 Å². The number of fused-ring (bicyclic) bond motifs is 1. The van der Waals surface area contributed by atoms with Gasteiger partial charge in [-0.2, -0.15) is 0 Å². The molecule has 0 radical (unpaired) electrons. The molecule has 1 aromatic rings. The summed E-state index contributed by atoms with van der Waals surface area (Å²) < 4.78 is 0. The van der Waals surface area contributed by atoms with E-state index in [9.17, 15) is 14.4 Å². The molecule has 1 aliphatic carbocycles. The molecule has 1 saturated carbocycles. The molecule has 4 rings (SSSR count). The van der Waals surface area contributed by atoms with Crippen LogP contribution in [0.4, 0.5) is 11.4 Å². The summed E-state index contributed by atoms with van der Waals surface area (Å²) in [6, 6.07) is 7.63. The van der Waals surface area contributed by atoms with Gasteiger partial charge in [0.2, 0.25) is 11.8 Å². The van der Waals surface area contributed by atoms with Gasteiger partial charge in [-0.15, -0.1) is 0 Å². The van der Waals surface area contributed by atoms with Crippen molar-refractivity contribution in [1.29, 1.82) is 0 Å². The Hall–Kier alpha value is -2.41. The number of amides is 3. The lowest BCUT2D eigenvalue weighted by molar-refractivity contribution is -0.128. The molecule has 7 heteroatoms. The van der Waals surface area contributed by atoms with Crippen LogP contribution in [0.25, 0.3) is 0 Å². The molecule has 150 valence electrons. The summed E-state index contributed by atoms with van der Waals surface area (Å²) in [5.41, 5.74) is 0.732. The summed E-state index contributed by atoms with van der Waals surface area (Å²) >= 11 is 0. The highest BCUT2D eigenvalue weighted by Gasteiger charge is 2.52. The fourth-order valence-corrected chi connectivity index (χ4v) is 5.00. The van der Waals surface area contributed by atoms with Crippen molar-refractivity contribution < 1.29 is 14.4 Å². The number of anilines is 2. The van der Waals surface area contributed by atoms with E-state index >= 15 is 0 Å². The van der Waals surface area contributed by atoms with Gasteiger partial charge in [-0.3, -0.25) is 24.2 Å². The molecule has 1 unspecified atom stereocenters. The van der Waals surface area contributed by atoms with Crippen molar-refractivity contribution in [3.8, 4) is 0 Å². The maximum atomic E-state index is 13.5. The van der Waals surface area contributed by atoms with Gasteiger partial charge < -0.3 is 10.6 Å². The average Bonchev–Trinajstić information content (AvgIpc) is 3.13. The minimum atomic E-state index is -0.766. The van der Waals surface area contributed by atoms with Crippen LogP contribution in [0.15, 0.2) is 24.3 Å². The number of carbonyl (C=O) groups excluding carboxylic acids is 3. The number of nitrogens with one attached hydrogen (secondary N) is 2. The maximum Gasteiger partial charge on any atom is 0.250 e. The first-order valence-corrected chi connectivity index (χ1v) is 10.2. The highest BCUT2D eigenvalue weighted by molar-refractivity contribution is 6.15. The average molecular weight is 384 g/mol. The summed E-state index contributed by atoms with van der Waals surface area (Å²) in [6.45, 7) is 3.28. The molecule has 0 bridgehead atoms. The molecule has 1 saturated heterocycles. The zero-order chi connectivity index (χ0) is 19.7. The van der Waals surface area contributed by atoms with E-state index in [0.29, 0.717) is 25.1 Å². The van der Waals surface area contributed by atoms with Crippen molar-refractivity contribution in [2.24, 2.45) is 0 Å². The summed E-state index contributed by atoms with van der Waals surface area (Å²) in [4.78, 5) is 41.7. The summed E-state index contributed by atoms with van der Waals surface area (Å²) in [5, 5.41) is 5.98. The van der Waals surface area contributed by atoms with Gasteiger partial charge in [0, 0.05) is 19.5 Å². The van der Waals surface area contributed by atoms with Crippen LogP contribution in [0.2, 0.25) is 0 Å². The van der Waals surface area contributed by atoms with Gasteiger partial charge in [-0.1, -0.05) is 25.0 Å². The lowest BCUT2D eigenvalue weighted by Gasteiger charge is -2.45. The van der Waals surface area contributed by atoms with Crippen molar-refractivity contribution in [2.75, 3.05) is 29.9 Å². The van der Waals surface area contributed by atoms with E-state index in [1.165, 1.54) is 6.92 Å². The largest absolute Gasteiger partial charge is 0.352 e. The lowest BCUT2D eigenvalue weighted by Crippen LogP contribution is -2.62. The molecule has 2 fully saturated rings. The smallest absolute Gasteiger partial charge is 0.250 e. The predicted molar refractivity (Wildman–Crippen MR) is 107 cm³/mol. The number of piperidine rings is 1. The van der Waals surface area contributed by atoms with E-state index in [-0.39, 0.29) is 30.3 Å². The standard InChI is InChI=1S/C21H28N4O3/c1-15(26)22-16-7-6-12-24(13-16)14-19(27)25-18-9-3-2-8-17(18)23-20(28)21(25)10-4-5-11-21/h2-3,8-9,16H,4-7,10-14H2,1H3,(H,22,26)(H,23,28). The predicted octanol–water partition coefficient (Wildman–Crippen LogP) is 1.88. The number of hydrogen-bond acceptors (Lipinski definition) is 4. The van der Waals surface area contributed by atoms with Crippen LogP contribution in [0.3, 0.4) is 0 Å². The minimum absolute atomic E-state index is 0.0346. The Kier molecular flexibility index (Phi) is 5.10. The van der Waals surface area contributed by atoms with Crippen LogP contribution in [-0.4, -0.2) is 53.8 Å². The zero-order valence-corrected chi connectivity index (χ0v) is 16.4. The first-order chi connectivity index (χ1) is 13.5. The van der Waals surface area contributed by atoms with Crippen LogP contribution in [0, 0.1) is 0 Å². The van der Waals surface area contributed by atoms with Crippen molar-refractivity contribution in [2.45, 2.75) is 57.0 Å².